The molecule has 1 aliphatic heterocycles. The van der Waals surface area contributed by atoms with Crippen molar-refractivity contribution in [2.24, 2.45) is 0 Å². The van der Waals surface area contributed by atoms with Gasteiger partial charge in [0, 0.05) is 6.42 Å². The molecule has 0 spiro atoms. The molecule has 5 heteroatoms. The second-order valence-corrected chi connectivity index (χ2v) is 2.37. The smallest absolute Gasteiger partial charge is 0.407 e. The van der Waals surface area contributed by atoms with E-state index in [0.29, 0.717) is 13.0 Å². The van der Waals surface area contributed by atoms with Gasteiger partial charge in [-0.3, -0.25) is 0 Å². The largest absolute Gasteiger partial charge is 0.464 e. The van der Waals surface area contributed by atoms with Crippen LogP contribution in [0.2, 0.25) is 0 Å². The fraction of sp³-hybridized carbons (Fsp3) is 0.714. The van der Waals surface area contributed by atoms with Crippen molar-refractivity contribution in [1.29, 1.82) is 0 Å². The number of hydrogen-bond acceptors (Lipinski definition) is 4. The van der Waals surface area contributed by atoms with Crippen molar-refractivity contribution in [1.82, 2.24) is 5.32 Å². The van der Waals surface area contributed by atoms with Crippen LogP contribution in [0.1, 0.15) is 13.3 Å². The van der Waals surface area contributed by atoms with Crippen LogP contribution in [0.4, 0.5) is 4.79 Å². The Balaban J connectivity index is 2.40. The number of carbonyl (C=O) groups is 2. The quantitative estimate of drug-likeness (QED) is 0.599. The highest BCUT2D eigenvalue weighted by Crippen LogP contribution is 2.02. The van der Waals surface area contributed by atoms with Gasteiger partial charge in [-0.1, -0.05) is 0 Å². The first kappa shape index (κ1) is 8.83. The molecule has 0 aliphatic carbocycles. The van der Waals surface area contributed by atoms with Crippen molar-refractivity contribution in [2.45, 2.75) is 19.4 Å². The third-order valence-corrected chi connectivity index (χ3v) is 1.50. The second kappa shape index (κ2) is 3.94. The predicted octanol–water partition coefficient (Wildman–Crippen LogP) is 0.0480. The van der Waals surface area contributed by atoms with Crippen LogP contribution in [0.3, 0.4) is 0 Å². The van der Waals surface area contributed by atoms with E-state index < -0.39 is 18.1 Å². The highest BCUT2D eigenvalue weighted by Gasteiger charge is 2.26. The molecule has 1 rings (SSSR count). The maximum absolute atomic E-state index is 11.1. The molecular weight excluding hydrogens is 162 g/mol. The number of amides is 1. The Morgan fingerprint density at radius 2 is 2.58 bits per heavy atom. The molecule has 0 saturated carbocycles. The third kappa shape index (κ3) is 2.11. The van der Waals surface area contributed by atoms with E-state index in [4.69, 9.17) is 4.74 Å². The Bertz CT molecular complexity index is 192. The van der Waals surface area contributed by atoms with E-state index in [1.165, 1.54) is 0 Å². The number of rotatable bonds is 2. The zero-order chi connectivity index (χ0) is 8.97. The van der Waals surface area contributed by atoms with Crippen LogP contribution in [0.25, 0.3) is 0 Å². The Labute approximate surface area is 70.0 Å². The fourth-order valence-corrected chi connectivity index (χ4v) is 0.945. The van der Waals surface area contributed by atoms with Crippen molar-refractivity contribution in [3.63, 3.8) is 0 Å². The molecule has 1 fully saturated rings. The van der Waals surface area contributed by atoms with Gasteiger partial charge < -0.3 is 14.8 Å². The van der Waals surface area contributed by atoms with Crippen LogP contribution in [0.5, 0.6) is 0 Å². The first-order valence-corrected chi connectivity index (χ1v) is 3.84. The van der Waals surface area contributed by atoms with Gasteiger partial charge in [0.25, 0.3) is 0 Å². The molecule has 1 N–H and O–H groups in total. The summed E-state index contributed by atoms with van der Waals surface area (Å²) in [7, 11) is 0. The van der Waals surface area contributed by atoms with Crippen molar-refractivity contribution >= 4 is 12.1 Å². The van der Waals surface area contributed by atoms with Crippen molar-refractivity contribution < 1.29 is 19.1 Å². The summed E-state index contributed by atoms with van der Waals surface area (Å²) in [5.41, 5.74) is 0. The number of ether oxygens (including phenoxy) is 2. The van der Waals surface area contributed by atoms with Crippen LogP contribution < -0.4 is 5.32 Å². The van der Waals surface area contributed by atoms with Gasteiger partial charge in [-0.25, -0.2) is 9.59 Å². The van der Waals surface area contributed by atoms with Crippen LogP contribution in [0, 0.1) is 0 Å². The molecule has 1 saturated heterocycles. The van der Waals surface area contributed by atoms with E-state index in [0.717, 1.165) is 0 Å². The molecule has 0 radical (unpaired) electrons. The van der Waals surface area contributed by atoms with E-state index in [1.54, 1.807) is 6.92 Å². The summed E-state index contributed by atoms with van der Waals surface area (Å²) < 4.78 is 9.30. The molecule has 68 valence electrons. The maximum Gasteiger partial charge on any atom is 0.407 e. The van der Waals surface area contributed by atoms with Gasteiger partial charge in [0.05, 0.1) is 13.2 Å². The summed E-state index contributed by atoms with van der Waals surface area (Å²) in [6, 6.07) is -0.536. The highest BCUT2D eigenvalue weighted by molar-refractivity contribution is 5.82. The number of cyclic esters (lactones) is 1. The molecular formula is C7H11NO4. The lowest BCUT2D eigenvalue weighted by Crippen LogP contribution is -2.46. The first-order chi connectivity index (χ1) is 5.74. The molecule has 0 aromatic rings. The minimum absolute atomic E-state index is 0.273. The SMILES string of the molecule is CCOC(=O)[C@@H]1CCOC(=O)N1. The van der Waals surface area contributed by atoms with Crippen molar-refractivity contribution in [3.8, 4) is 0 Å². The standard InChI is InChI=1S/C7H11NO4/c1-2-11-6(9)5-3-4-12-7(10)8-5/h5H,2-4H2,1H3,(H,8,10)/t5-/m0/s1. The average molecular weight is 173 g/mol. The lowest BCUT2D eigenvalue weighted by atomic mass is 10.2. The lowest BCUT2D eigenvalue weighted by Gasteiger charge is -2.21. The Hall–Kier alpha value is -1.26. The fourth-order valence-electron chi connectivity index (χ4n) is 0.945. The van der Waals surface area contributed by atoms with Crippen molar-refractivity contribution in [2.75, 3.05) is 13.2 Å². The Morgan fingerprint density at radius 3 is 3.17 bits per heavy atom. The van der Waals surface area contributed by atoms with Crippen LogP contribution in [0.15, 0.2) is 0 Å². The third-order valence-electron chi connectivity index (χ3n) is 1.50. The molecule has 5 nitrogen and oxygen atoms in total. The molecule has 1 atom stereocenters. The second-order valence-electron chi connectivity index (χ2n) is 2.37. The van der Waals surface area contributed by atoms with Gasteiger partial charge in [0.1, 0.15) is 6.04 Å². The van der Waals surface area contributed by atoms with Gasteiger partial charge in [-0.15, -0.1) is 0 Å². The van der Waals surface area contributed by atoms with Crippen LogP contribution in [-0.2, 0) is 14.3 Å². The number of alkyl carbamates (subject to hydrolysis) is 1. The summed E-state index contributed by atoms with van der Waals surface area (Å²) in [6.45, 7) is 2.32. The summed E-state index contributed by atoms with van der Waals surface area (Å²) in [5, 5.41) is 2.37. The van der Waals surface area contributed by atoms with E-state index in [-0.39, 0.29) is 6.61 Å². The summed E-state index contributed by atoms with van der Waals surface area (Å²) in [4.78, 5) is 21.7. The average Bonchev–Trinajstić information content (AvgIpc) is 2.05. The normalized spacial score (nSPS) is 22.4. The molecule has 1 heterocycles. The number of nitrogens with one attached hydrogen (secondary N) is 1. The van der Waals surface area contributed by atoms with E-state index in [9.17, 15) is 9.59 Å². The topological polar surface area (TPSA) is 64.6 Å². The highest BCUT2D eigenvalue weighted by atomic mass is 16.6. The van der Waals surface area contributed by atoms with Gasteiger partial charge in [-0.05, 0) is 6.92 Å². The van der Waals surface area contributed by atoms with Crippen LogP contribution >= 0.6 is 0 Å². The maximum atomic E-state index is 11.1. The summed E-state index contributed by atoms with van der Waals surface area (Å²) in [6.07, 6.45) is -0.0794. The minimum atomic E-state index is -0.556. The first-order valence-electron chi connectivity index (χ1n) is 3.84. The number of hydrogen-bond donors (Lipinski definition) is 1. The van der Waals surface area contributed by atoms with Gasteiger partial charge >= 0.3 is 12.1 Å². The Morgan fingerprint density at radius 1 is 1.83 bits per heavy atom. The molecule has 0 bridgehead atoms. The summed E-state index contributed by atoms with van der Waals surface area (Å²) in [5.74, 6) is -0.394. The lowest BCUT2D eigenvalue weighted by molar-refractivity contribution is -0.146. The molecule has 12 heavy (non-hydrogen) atoms. The molecule has 1 amide bonds. The van der Waals surface area contributed by atoms with Crippen LogP contribution in [-0.4, -0.2) is 31.3 Å². The molecule has 0 aromatic carbocycles. The van der Waals surface area contributed by atoms with Gasteiger partial charge in [-0.2, -0.15) is 0 Å². The number of carbonyl (C=O) groups excluding carboxylic acids is 2. The zero-order valence-electron chi connectivity index (χ0n) is 6.83. The van der Waals surface area contributed by atoms with Crippen molar-refractivity contribution in [3.05, 3.63) is 0 Å². The van der Waals surface area contributed by atoms with Gasteiger partial charge in [0.15, 0.2) is 0 Å². The monoisotopic (exact) mass is 173 g/mol. The number of esters is 1. The summed E-state index contributed by atoms with van der Waals surface area (Å²) >= 11 is 0. The molecule has 1 aliphatic rings. The van der Waals surface area contributed by atoms with E-state index in [1.807, 2.05) is 0 Å². The van der Waals surface area contributed by atoms with E-state index >= 15 is 0 Å². The zero-order valence-corrected chi connectivity index (χ0v) is 6.83. The van der Waals surface area contributed by atoms with E-state index in [2.05, 4.69) is 10.1 Å². The minimum Gasteiger partial charge on any atom is -0.464 e. The predicted molar refractivity (Wildman–Crippen MR) is 39.5 cm³/mol. The van der Waals surface area contributed by atoms with Gasteiger partial charge in [0.2, 0.25) is 0 Å². The molecule has 0 unspecified atom stereocenters. The Kier molecular flexibility index (Phi) is 2.90. The molecule has 0 aromatic heterocycles.